The number of ether oxygens (including phenoxy) is 2. The monoisotopic (exact) mass is 498 g/mol. The lowest BCUT2D eigenvalue weighted by molar-refractivity contribution is 0.308. The van der Waals surface area contributed by atoms with Crippen LogP contribution in [0.4, 0.5) is 5.82 Å². The van der Waals surface area contributed by atoms with Crippen molar-refractivity contribution in [2.24, 2.45) is 0 Å². The molecule has 182 valence electrons. The minimum absolute atomic E-state index is 0.354. The first kappa shape index (κ1) is 22.5. The van der Waals surface area contributed by atoms with Gasteiger partial charge in [0.2, 0.25) is 0 Å². The third-order valence-electron chi connectivity index (χ3n) is 6.41. The van der Waals surface area contributed by atoms with E-state index in [0.717, 1.165) is 56.5 Å². The van der Waals surface area contributed by atoms with Gasteiger partial charge in [-0.1, -0.05) is 18.9 Å². The Bertz CT molecular complexity index is 1500. The second kappa shape index (κ2) is 9.58. The van der Waals surface area contributed by atoms with E-state index in [1.54, 1.807) is 11.3 Å². The molecule has 3 heterocycles. The lowest BCUT2D eigenvalue weighted by Crippen LogP contribution is -2.07. The Hall–Kier alpha value is -3.98. The Morgan fingerprint density at radius 1 is 1.00 bits per heavy atom. The molecule has 6 rings (SSSR count). The number of nitrogens with two attached hydrogens (primary N) is 1. The molecule has 8 nitrogen and oxygen atoms in total. The van der Waals surface area contributed by atoms with E-state index in [0.29, 0.717) is 24.2 Å². The molecule has 0 aliphatic heterocycles. The molecule has 1 saturated carbocycles. The molecule has 5 aromatic rings. The second-order valence-corrected chi connectivity index (χ2v) is 10.2. The van der Waals surface area contributed by atoms with Gasteiger partial charge in [-0.05, 0) is 56.2 Å². The topological polar surface area (TPSA) is 101 Å². The van der Waals surface area contributed by atoms with Crippen molar-refractivity contribution in [3.63, 3.8) is 0 Å². The lowest BCUT2D eigenvalue weighted by Gasteiger charge is -2.10. The van der Waals surface area contributed by atoms with Crippen LogP contribution in [0, 0.1) is 6.92 Å². The van der Waals surface area contributed by atoms with Crippen LogP contribution in [0.25, 0.3) is 22.3 Å². The number of fused-ring (bicyclic) bond motifs is 1. The summed E-state index contributed by atoms with van der Waals surface area (Å²) in [4.78, 5) is 14.1. The summed E-state index contributed by atoms with van der Waals surface area (Å²) >= 11 is 1.63. The average molecular weight is 499 g/mol. The van der Waals surface area contributed by atoms with Crippen LogP contribution in [0.1, 0.15) is 41.6 Å². The van der Waals surface area contributed by atoms with Crippen LogP contribution in [-0.4, -0.2) is 24.7 Å². The van der Waals surface area contributed by atoms with Crippen molar-refractivity contribution in [2.75, 3.05) is 5.73 Å². The Morgan fingerprint density at radius 3 is 2.58 bits per heavy atom. The van der Waals surface area contributed by atoms with E-state index in [4.69, 9.17) is 20.3 Å². The predicted octanol–water partition coefficient (Wildman–Crippen LogP) is 6.33. The first-order valence-electron chi connectivity index (χ1n) is 12.1. The van der Waals surface area contributed by atoms with Crippen molar-refractivity contribution in [3.8, 4) is 28.5 Å². The maximum atomic E-state index is 6.27. The van der Waals surface area contributed by atoms with E-state index >= 15 is 0 Å². The van der Waals surface area contributed by atoms with Crippen LogP contribution < -0.4 is 15.2 Å². The highest BCUT2D eigenvalue weighted by molar-refractivity contribution is 7.11. The summed E-state index contributed by atoms with van der Waals surface area (Å²) in [6, 6.07) is 15.8. The molecule has 1 fully saturated rings. The molecule has 0 radical (unpaired) electrons. The van der Waals surface area contributed by atoms with Gasteiger partial charge in [-0.2, -0.15) is 5.10 Å². The molecule has 1 aliphatic carbocycles. The standard InChI is InChI=1S/C27H26N6O2S/c1-17-29-14-23(36-17)15-34-21-7-4-8-22(13-21)35-20-11-9-18(10-12-20)25-24-26(28)30-16-31-27(24)33(32-25)19-5-2-3-6-19/h4,7-14,16,19H,2-3,5-6,15H2,1H3,(H2,28,30,31). The van der Waals surface area contributed by atoms with E-state index in [-0.39, 0.29) is 0 Å². The molecule has 0 bridgehead atoms. The average Bonchev–Trinajstić information content (AvgIpc) is 3.64. The number of anilines is 1. The van der Waals surface area contributed by atoms with E-state index in [1.807, 2.05) is 66.3 Å². The minimum atomic E-state index is 0.354. The summed E-state index contributed by atoms with van der Waals surface area (Å²) in [5.41, 5.74) is 8.82. The number of hydrogen-bond acceptors (Lipinski definition) is 8. The maximum absolute atomic E-state index is 6.27. The molecule has 2 N–H and O–H groups in total. The van der Waals surface area contributed by atoms with Gasteiger partial charge in [-0.3, -0.25) is 0 Å². The zero-order valence-corrected chi connectivity index (χ0v) is 20.7. The Balaban J connectivity index is 1.22. The summed E-state index contributed by atoms with van der Waals surface area (Å²) in [6.45, 7) is 2.47. The van der Waals surface area contributed by atoms with Gasteiger partial charge < -0.3 is 15.2 Å². The Kier molecular flexibility index (Phi) is 5.98. The first-order valence-corrected chi connectivity index (χ1v) is 12.9. The molecule has 0 saturated heterocycles. The smallest absolute Gasteiger partial charge is 0.164 e. The number of rotatable bonds is 7. The number of benzene rings is 2. The highest BCUT2D eigenvalue weighted by Crippen LogP contribution is 2.37. The highest BCUT2D eigenvalue weighted by atomic mass is 32.1. The fourth-order valence-corrected chi connectivity index (χ4v) is 5.38. The maximum Gasteiger partial charge on any atom is 0.164 e. The second-order valence-electron chi connectivity index (χ2n) is 8.92. The number of hydrogen-bond donors (Lipinski definition) is 1. The van der Waals surface area contributed by atoms with Crippen LogP contribution >= 0.6 is 11.3 Å². The van der Waals surface area contributed by atoms with Crippen molar-refractivity contribution in [2.45, 2.75) is 45.3 Å². The number of nitrogen functional groups attached to an aromatic ring is 1. The van der Waals surface area contributed by atoms with Crippen LogP contribution in [-0.2, 0) is 6.61 Å². The number of aromatic nitrogens is 5. The van der Waals surface area contributed by atoms with E-state index in [2.05, 4.69) is 15.0 Å². The SMILES string of the molecule is Cc1ncc(COc2cccc(Oc3ccc(-c4nn(C5CCCC5)c5ncnc(N)c45)cc3)c2)s1. The fraction of sp³-hybridized carbons (Fsp3) is 0.259. The summed E-state index contributed by atoms with van der Waals surface area (Å²) in [7, 11) is 0. The van der Waals surface area contributed by atoms with Gasteiger partial charge >= 0.3 is 0 Å². The minimum Gasteiger partial charge on any atom is -0.488 e. The number of aryl methyl sites for hydroxylation is 1. The fourth-order valence-electron chi connectivity index (χ4n) is 4.67. The van der Waals surface area contributed by atoms with Crippen molar-refractivity contribution in [1.29, 1.82) is 0 Å². The van der Waals surface area contributed by atoms with Gasteiger partial charge in [-0.15, -0.1) is 11.3 Å². The summed E-state index contributed by atoms with van der Waals surface area (Å²) in [6.07, 6.45) is 8.01. The molecule has 0 atom stereocenters. The third kappa shape index (κ3) is 4.49. The molecule has 0 spiro atoms. The molecule has 3 aromatic heterocycles. The lowest BCUT2D eigenvalue weighted by atomic mass is 10.1. The Labute approximate surface area is 212 Å². The quantitative estimate of drug-likeness (QED) is 0.280. The van der Waals surface area contributed by atoms with Crippen molar-refractivity contribution >= 4 is 28.2 Å². The highest BCUT2D eigenvalue weighted by Gasteiger charge is 2.24. The third-order valence-corrected chi connectivity index (χ3v) is 7.29. The molecule has 36 heavy (non-hydrogen) atoms. The van der Waals surface area contributed by atoms with E-state index < -0.39 is 0 Å². The van der Waals surface area contributed by atoms with E-state index in [9.17, 15) is 0 Å². The van der Waals surface area contributed by atoms with Gasteiger partial charge in [0.05, 0.1) is 21.3 Å². The normalized spacial score (nSPS) is 13.9. The van der Waals surface area contributed by atoms with Crippen LogP contribution in [0.15, 0.2) is 61.1 Å². The zero-order valence-electron chi connectivity index (χ0n) is 19.9. The van der Waals surface area contributed by atoms with Gasteiger partial charge in [0, 0.05) is 17.8 Å². The summed E-state index contributed by atoms with van der Waals surface area (Å²) in [5, 5.41) is 6.78. The molecule has 0 amide bonds. The summed E-state index contributed by atoms with van der Waals surface area (Å²) < 4.78 is 14.1. The molecule has 0 unspecified atom stereocenters. The van der Waals surface area contributed by atoms with Gasteiger partial charge in [-0.25, -0.2) is 19.6 Å². The van der Waals surface area contributed by atoms with Gasteiger partial charge in [0.1, 0.15) is 41.7 Å². The van der Waals surface area contributed by atoms with Crippen molar-refractivity contribution < 1.29 is 9.47 Å². The van der Waals surface area contributed by atoms with Gasteiger partial charge in [0.15, 0.2) is 5.65 Å². The van der Waals surface area contributed by atoms with Crippen LogP contribution in [0.3, 0.4) is 0 Å². The number of thiazole rings is 1. The largest absolute Gasteiger partial charge is 0.488 e. The van der Waals surface area contributed by atoms with Gasteiger partial charge in [0.25, 0.3) is 0 Å². The molecule has 9 heteroatoms. The predicted molar refractivity (Wildman–Crippen MR) is 140 cm³/mol. The molecule has 2 aromatic carbocycles. The van der Waals surface area contributed by atoms with Crippen molar-refractivity contribution in [3.05, 3.63) is 70.9 Å². The summed E-state index contributed by atoms with van der Waals surface area (Å²) in [5.74, 6) is 2.62. The molecular weight excluding hydrogens is 472 g/mol. The van der Waals surface area contributed by atoms with E-state index in [1.165, 1.54) is 19.2 Å². The number of nitrogens with zero attached hydrogens (tertiary/aromatic N) is 5. The molecule has 1 aliphatic rings. The van der Waals surface area contributed by atoms with Crippen molar-refractivity contribution in [1.82, 2.24) is 24.7 Å². The molecular formula is C27H26N6O2S. The zero-order chi connectivity index (χ0) is 24.5. The Morgan fingerprint density at radius 2 is 1.81 bits per heavy atom. The van der Waals surface area contributed by atoms with Crippen LogP contribution in [0.5, 0.6) is 17.2 Å². The first-order chi connectivity index (χ1) is 17.6. The van der Waals surface area contributed by atoms with Crippen LogP contribution in [0.2, 0.25) is 0 Å².